The molecule has 0 radical (unpaired) electrons. The van der Waals surface area contributed by atoms with Crippen LogP contribution in [0, 0.1) is 29.3 Å². The summed E-state index contributed by atoms with van der Waals surface area (Å²) < 4.78 is 42.2. The van der Waals surface area contributed by atoms with Crippen LogP contribution in [0.4, 0.5) is 13.2 Å². The van der Waals surface area contributed by atoms with Gasteiger partial charge in [-0.1, -0.05) is 62.4 Å². The van der Waals surface area contributed by atoms with E-state index in [-0.39, 0.29) is 11.4 Å². The minimum Gasteiger partial charge on any atom is -0.207 e. The molecule has 0 spiro atoms. The molecule has 0 saturated carbocycles. The molecule has 0 atom stereocenters. The molecule has 0 N–H and O–H groups in total. The van der Waals surface area contributed by atoms with Crippen molar-refractivity contribution in [2.75, 3.05) is 0 Å². The van der Waals surface area contributed by atoms with Crippen LogP contribution in [0.3, 0.4) is 0 Å². The lowest BCUT2D eigenvalue weighted by Crippen LogP contribution is -1.97. The number of hydrogen-bond donors (Lipinski definition) is 0. The van der Waals surface area contributed by atoms with Crippen molar-refractivity contribution in [3.05, 3.63) is 94.3 Å². The number of rotatable bonds is 4. The summed E-state index contributed by atoms with van der Waals surface area (Å²) in [6.07, 6.45) is 1.90. The second-order valence-corrected chi connectivity index (χ2v) is 6.64. The van der Waals surface area contributed by atoms with Gasteiger partial charge in [0.2, 0.25) is 0 Å². The molecule has 0 nitrogen and oxygen atoms in total. The third-order valence-corrected chi connectivity index (χ3v) is 4.68. The zero-order chi connectivity index (χ0) is 20.1. The lowest BCUT2D eigenvalue weighted by molar-refractivity contribution is 0.496. The topological polar surface area (TPSA) is 0 Å². The quantitative estimate of drug-likeness (QED) is 0.444. The van der Waals surface area contributed by atoms with Crippen molar-refractivity contribution in [2.24, 2.45) is 0 Å². The molecule has 3 aromatic rings. The van der Waals surface area contributed by atoms with Gasteiger partial charge in [-0.15, -0.1) is 0 Å². The lowest BCUT2D eigenvalue weighted by atomic mass is 10.0. The van der Waals surface area contributed by atoms with Gasteiger partial charge in [0, 0.05) is 5.56 Å². The van der Waals surface area contributed by atoms with Crippen molar-refractivity contribution in [1.29, 1.82) is 0 Å². The number of halogens is 3. The van der Waals surface area contributed by atoms with Crippen molar-refractivity contribution < 1.29 is 13.2 Å². The molecule has 0 amide bonds. The molecule has 0 aromatic heterocycles. The predicted molar refractivity (Wildman–Crippen MR) is 108 cm³/mol. The van der Waals surface area contributed by atoms with Crippen LogP contribution in [-0.4, -0.2) is 0 Å². The van der Waals surface area contributed by atoms with Gasteiger partial charge in [-0.2, -0.15) is 0 Å². The van der Waals surface area contributed by atoms with E-state index in [9.17, 15) is 13.2 Å². The second-order valence-electron chi connectivity index (χ2n) is 6.64. The number of aryl methyl sites for hydroxylation is 2. The highest BCUT2D eigenvalue weighted by Crippen LogP contribution is 2.23. The molecule has 0 aliphatic heterocycles. The Labute approximate surface area is 164 Å². The minimum atomic E-state index is -0.901. The Bertz CT molecular complexity index is 1040. The summed E-state index contributed by atoms with van der Waals surface area (Å²) >= 11 is 0. The summed E-state index contributed by atoms with van der Waals surface area (Å²) in [6, 6.07) is 15.6. The SMILES string of the molecule is CCCc1ccc(C#Cc2ccc(-c3ccc(CC)c(F)c3)cc2)c(F)c1F. The van der Waals surface area contributed by atoms with Gasteiger partial charge in [-0.05, 0) is 59.4 Å². The van der Waals surface area contributed by atoms with E-state index in [4.69, 9.17) is 0 Å². The van der Waals surface area contributed by atoms with Gasteiger partial charge in [0.05, 0.1) is 5.56 Å². The maximum atomic E-state index is 14.2. The van der Waals surface area contributed by atoms with Gasteiger partial charge in [-0.3, -0.25) is 0 Å². The van der Waals surface area contributed by atoms with Crippen LogP contribution in [0.15, 0.2) is 54.6 Å². The summed E-state index contributed by atoms with van der Waals surface area (Å²) in [6.45, 7) is 3.83. The fraction of sp³-hybridized carbons (Fsp3) is 0.200. The van der Waals surface area contributed by atoms with Gasteiger partial charge >= 0.3 is 0 Å². The monoisotopic (exact) mass is 378 g/mol. The standard InChI is InChI=1S/C25H21F3/c1-3-5-20-13-14-21(25(28)24(20)27)11-8-17-6-9-19(10-7-17)22-15-12-18(4-2)23(26)16-22/h6-7,9-10,12-16H,3-5H2,1-2H3. The Balaban J connectivity index is 1.82. The molecule has 0 aliphatic rings. The summed E-state index contributed by atoms with van der Waals surface area (Å²) in [5, 5.41) is 0. The van der Waals surface area contributed by atoms with Crippen molar-refractivity contribution in [2.45, 2.75) is 33.1 Å². The first kappa shape index (κ1) is 19.8. The first-order valence-corrected chi connectivity index (χ1v) is 9.41. The normalized spacial score (nSPS) is 10.5. The minimum absolute atomic E-state index is 0.0404. The van der Waals surface area contributed by atoms with Gasteiger partial charge in [0.25, 0.3) is 0 Å². The van der Waals surface area contributed by atoms with Gasteiger partial charge in [0.15, 0.2) is 11.6 Å². The molecule has 0 heterocycles. The number of hydrogen-bond acceptors (Lipinski definition) is 0. The Morgan fingerprint density at radius 3 is 2.04 bits per heavy atom. The van der Waals surface area contributed by atoms with E-state index in [1.807, 2.05) is 32.0 Å². The van der Waals surface area contributed by atoms with Crippen molar-refractivity contribution in [1.82, 2.24) is 0 Å². The zero-order valence-corrected chi connectivity index (χ0v) is 16.0. The van der Waals surface area contributed by atoms with Crippen molar-refractivity contribution >= 4 is 0 Å². The van der Waals surface area contributed by atoms with Crippen LogP contribution < -0.4 is 0 Å². The Morgan fingerprint density at radius 1 is 0.714 bits per heavy atom. The molecule has 3 rings (SSSR count). The van der Waals surface area contributed by atoms with Crippen LogP contribution >= 0.6 is 0 Å². The lowest BCUT2D eigenvalue weighted by Gasteiger charge is -2.05. The molecule has 3 aromatic carbocycles. The van der Waals surface area contributed by atoms with Crippen LogP contribution in [0.25, 0.3) is 11.1 Å². The maximum absolute atomic E-state index is 14.2. The van der Waals surface area contributed by atoms with Crippen LogP contribution in [0.5, 0.6) is 0 Å². The van der Waals surface area contributed by atoms with Crippen LogP contribution in [0.1, 0.15) is 42.5 Å². The van der Waals surface area contributed by atoms with Crippen LogP contribution in [-0.2, 0) is 12.8 Å². The molecule has 0 unspecified atom stereocenters. The van der Waals surface area contributed by atoms with Gasteiger partial charge in [0.1, 0.15) is 5.82 Å². The largest absolute Gasteiger partial charge is 0.207 e. The van der Waals surface area contributed by atoms with E-state index in [2.05, 4.69) is 11.8 Å². The van der Waals surface area contributed by atoms with Crippen molar-refractivity contribution in [3.63, 3.8) is 0 Å². The maximum Gasteiger partial charge on any atom is 0.174 e. The fourth-order valence-electron chi connectivity index (χ4n) is 3.05. The highest BCUT2D eigenvalue weighted by Gasteiger charge is 2.11. The zero-order valence-electron chi connectivity index (χ0n) is 16.0. The highest BCUT2D eigenvalue weighted by molar-refractivity contribution is 5.65. The highest BCUT2D eigenvalue weighted by atomic mass is 19.2. The third kappa shape index (κ3) is 4.28. The van der Waals surface area contributed by atoms with E-state index in [1.165, 1.54) is 12.1 Å². The molecule has 0 aliphatic carbocycles. The van der Waals surface area contributed by atoms with E-state index in [0.717, 1.165) is 17.5 Å². The fourth-order valence-corrected chi connectivity index (χ4v) is 3.05. The summed E-state index contributed by atoms with van der Waals surface area (Å²) in [5.74, 6) is 3.62. The average Bonchev–Trinajstić information content (AvgIpc) is 2.71. The van der Waals surface area contributed by atoms with Crippen molar-refractivity contribution in [3.8, 4) is 23.0 Å². The summed E-state index contributed by atoms with van der Waals surface area (Å²) in [7, 11) is 0. The molecule has 0 fully saturated rings. The molecular formula is C25H21F3. The van der Waals surface area contributed by atoms with E-state index < -0.39 is 11.6 Å². The molecule has 0 saturated heterocycles. The Kier molecular flexibility index (Phi) is 6.21. The smallest absolute Gasteiger partial charge is 0.174 e. The van der Waals surface area contributed by atoms with Crippen LogP contribution in [0.2, 0.25) is 0 Å². The van der Waals surface area contributed by atoms with E-state index >= 15 is 0 Å². The Morgan fingerprint density at radius 2 is 1.39 bits per heavy atom. The summed E-state index contributed by atoms with van der Waals surface area (Å²) in [4.78, 5) is 0. The van der Waals surface area contributed by atoms with Gasteiger partial charge in [-0.25, -0.2) is 13.2 Å². The molecule has 0 bridgehead atoms. The van der Waals surface area contributed by atoms with Gasteiger partial charge < -0.3 is 0 Å². The Hall–Kier alpha value is -2.99. The summed E-state index contributed by atoms with van der Waals surface area (Å²) in [5.41, 5.74) is 3.43. The third-order valence-electron chi connectivity index (χ3n) is 4.68. The average molecular weight is 378 g/mol. The van der Waals surface area contributed by atoms with E-state index in [0.29, 0.717) is 29.5 Å². The predicted octanol–water partition coefficient (Wildman–Crippen LogP) is 6.69. The number of benzene rings is 3. The first-order chi connectivity index (χ1) is 13.5. The molecule has 28 heavy (non-hydrogen) atoms. The molecular weight excluding hydrogens is 357 g/mol. The molecule has 3 heteroatoms. The first-order valence-electron chi connectivity index (χ1n) is 9.41. The van der Waals surface area contributed by atoms with E-state index in [1.54, 1.807) is 24.3 Å². The molecule has 142 valence electrons. The second kappa shape index (κ2) is 8.80.